The quantitative estimate of drug-likeness (QED) is 0.643. The van der Waals surface area contributed by atoms with E-state index in [1.807, 2.05) is 66.4 Å². The van der Waals surface area contributed by atoms with Crippen molar-refractivity contribution >= 4 is 34.9 Å². The molecule has 2 heterocycles. The van der Waals surface area contributed by atoms with Crippen molar-refractivity contribution in [2.45, 2.75) is 6.92 Å². The van der Waals surface area contributed by atoms with Crippen LogP contribution in [0.4, 0.5) is 0 Å². The first-order valence-corrected chi connectivity index (χ1v) is 9.95. The highest BCUT2D eigenvalue weighted by Gasteiger charge is 2.27. The Bertz CT molecular complexity index is 1130. The summed E-state index contributed by atoms with van der Waals surface area (Å²) in [5, 5.41) is 10.3. The number of para-hydroxylation sites is 1. The molecule has 4 rings (SSSR count). The maximum absolute atomic E-state index is 12.9. The van der Waals surface area contributed by atoms with Crippen LogP contribution in [0, 0.1) is 0 Å². The van der Waals surface area contributed by atoms with E-state index in [4.69, 9.17) is 0 Å². The van der Waals surface area contributed by atoms with Crippen LogP contribution in [0.25, 0.3) is 23.1 Å². The molecule has 1 aliphatic rings. The second-order valence-corrected chi connectivity index (χ2v) is 7.05. The number of amides is 1. The predicted molar refractivity (Wildman–Crippen MR) is 117 cm³/mol. The van der Waals surface area contributed by atoms with Crippen LogP contribution in [0.5, 0.6) is 0 Å². The minimum absolute atomic E-state index is 0.182. The summed E-state index contributed by atoms with van der Waals surface area (Å²) in [7, 11) is 0. The zero-order valence-electron chi connectivity index (χ0n) is 16.8. The predicted octanol–water partition coefficient (Wildman–Crippen LogP) is 2.73. The molecule has 0 spiro atoms. The van der Waals surface area contributed by atoms with Gasteiger partial charge in [-0.2, -0.15) is 5.10 Å². The summed E-state index contributed by atoms with van der Waals surface area (Å²) in [5.41, 5.74) is 6.88. The third-order valence-corrected chi connectivity index (χ3v) is 5.10. The summed E-state index contributed by atoms with van der Waals surface area (Å²) in [6.45, 7) is 4.23. The molecule has 2 aromatic carbocycles. The van der Waals surface area contributed by atoms with E-state index in [0.29, 0.717) is 30.9 Å². The van der Waals surface area contributed by atoms with Crippen LogP contribution in [0.1, 0.15) is 28.5 Å². The smallest absolute Gasteiger partial charge is 0.258 e. The molecule has 152 valence electrons. The van der Waals surface area contributed by atoms with E-state index in [1.54, 1.807) is 12.1 Å². The fraction of sp³-hybridized carbons (Fsp3) is 0.217. The standard InChI is InChI=1S/C23H23N5O2/c1-2-24-27-13-14-28(19(15-27)16-29)23(30)18-10-7-17(8-11-18)9-12-22-20-5-3-4-6-21(20)25-26-22/h3-12,24H,2,13-15H2,1H3,(H,25,26). The van der Waals surface area contributed by atoms with Crippen molar-refractivity contribution < 1.29 is 9.59 Å². The van der Waals surface area contributed by atoms with Crippen molar-refractivity contribution in [3.8, 4) is 0 Å². The van der Waals surface area contributed by atoms with E-state index in [9.17, 15) is 9.59 Å². The third-order valence-electron chi connectivity index (χ3n) is 5.10. The van der Waals surface area contributed by atoms with Crippen molar-refractivity contribution in [3.05, 3.63) is 71.0 Å². The van der Waals surface area contributed by atoms with Gasteiger partial charge < -0.3 is 0 Å². The molecule has 0 aliphatic carbocycles. The molecule has 1 aromatic heterocycles. The Labute approximate surface area is 174 Å². The van der Waals surface area contributed by atoms with Gasteiger partial charge in [-0.15, -0.1) is 0 Å². The number of hydrogen-bond donors (Lipinski definition) is 2. The minimum Gasteiger partial charge on any atom is -0.300 e. The number of hydrazine groups is 1. The summed E-state index contributed by atoms with van der Waals surface area (Å²) < 4.78 is 0. The maximum atomic E-state index is 12.9. The molecule has 3 aromatic rings. The summed E-state index contributed by atoms with van der Waals surface area (Å²) in [6.07, 6.45) is 3.91. The number of piperazine rings is 1. The van der Waals surface area contributed by atoms with Gasteiger partial charge in [-0.25, -0.2) is 9.80 Å². The highest BCUT2D eigenvalue weighted by molar-refractivity contribution is 5.96. The van der Waals surface area contributed by atoms with Crippen molar-refractivity contribution in [1.29, 1.82) is 0 Å². The van der Waals surface area contributed by atoms with Gasteiger partial charge in [0, 0.05) is 30.6 Å². The van der Waals surface area contributed by atoms with Crippen LogP contribution in [0.2, 0.25) is 0 Å². The van der Waals surface area contributed by atoms with Crippen LogP contribution in [-0.2, 0) is 4.79 Å². The topological polar surface area (TPSA) is 81.3 Å². The van der Waals surface area contributed by atoms with Crippen LogP contribution in [0.15, 0.2) is 54.2 Å². The van der Waals surface area contributed by atoms with Crippen LogP contribution >= 0.6 is 0 Å². The lowest BCUT2D eigenvalue weighted by Gasteiger charge is -2.35. The highest BCUT2D eigenvalue weighted by Crippen LogP contribution is 2.19. The average Bonchev–Trinajstić information content (AvgIpc) is 3.21. The number of carbonyl (C=O) groups excluding carboxylic acids is 2. The number of nitrogens with one attached hydrogen (secondary N) is 2. The molecule has 1 amide bonds. The second kappa shape index (κ2) is 8.88. The van der Waals surface area contributed by atoms with E-state index >= 15 is 0 Å². The number of hydrogen-bond acceptors (Lipinski definition) is 5. The summed E-state index contributed by atoms with van der Waals surface area (Å²) in [6, 6.07) is 15.3. The van der Waals surface area contributed by atoms with Gasteiger partial charge in [0.25, 0.3) is 5.91 Å². The van der Waals surface area contributed by atoms with Crippen molar-refractivity contribution in [2.24, 2.45) is 0 Å². The van der Waals surface area contributed by atoms with Crippen LogP contribution in [-0.4, -0.2) is 58.1 Å². The zero-order valence-corrected chi connectivity index (χ0v) is 16.8. The first kappa shape index (κ1) is 19.8. The molecule has 2 N–H and O–H groups in total. The largest absolute Gasteiger partial charge is 0.300 e. The molecule has 1 saturated heterocycles. The van der Waals surface area contributed by atoms with E-state index in [0.717, 1.165) is 28.7 Å². The summed E-state index contributed by atoms with van der Waals surface area (Å²) in [4.78, 5) is 25.8. The normalized spacial score (nSPS) is 15.1. The summed E-state index contributed by atoms with van der Waals surface area (Å²) >= 11 is 0. The Hall–Kier alpha value is -3.51. The molecule has 0 atom stereocenters. The number of nitrogens with zero attached hydrogens (tertiary/aromatic N) is 3. The molecule has 7 heteroatoms. The second-order valence-electron chi connectivity index (χ2n) is 7.05. The number of H-pyrrole nitrogens is 1. The van der Waals surface area contributed by atoms with Gasteiger partial charge in [-0.05, 0) is 29.8 Å². The van der Waals surface area contributed by atoms with Crippen LogP contribution < -0.4 is 5.43 Å². The fourth-order valence-electron chi connectivity index (χ4n) is 3.55. The molecular weight excluding hydrogens is 378 g/mol. The van der Waals surface area contributed by atoms with Gasteiger partial charge in [0.15, 0.2) is 0 Å². The zero-order chi connectivity index (χ0) is 20.9. The Morgan fingerprint density at radius 1 is 1.17 bits per heavy atom. The number of fused-ring (bicyclic) bond motifs is 1. The molecule has 1 fully saturated rings. The lowest BCUT2D eigenvalue weighted by atomic mass is 10.1. The average molecular weight is 401 g/mol. The molecule has 1 aliphatic heterocycles. The van der Waals surface area contributed by atoms with Crippen LogP contribution in [0.3, 0.4) is 0 Å². The van der Waals surface area contributed by atoms with Crippen molar-refractivity contribution in [2.75, 3.05) is 26.2 Å². The lowest BCUT2D eigenvalue weighted by Crippen LogP contribution is -2.52. The number of aromatic amines is 1. The number of aromatic nitrogens is 2. The van der Waals surface area contributed by atoms with Gasteiger partial charge in [0.1, 0.15) is 11.6 Å². The van der Waals surface area contributed by atoms with E-state index in [-0.39, 0.29) is 5.91 Å². The molecule has 0 saturated carbocycles. The van der Waals surface area contributed by atoms with E-state index < -0.39 is 0 Å². The molecule has 7 nitrogen and oxygen atoms in total. The molecular formula is C23H23N5O2. The first-order chi connectivity index (χ1) is 14.7. The molecule has 0 radical (unpaired) electrons. The number of rotatable bonds is 5. The van der Waals surface area contributed by atoms with Gasteiger partial charge >= 0.3 is 0 Å². The van der Waals surface area contributed by atoms with Gasteiger partial charge in [0.2, 0.25) is 0 Å². The maximum Gasteiger partial charge on any atom is 0.258 e. The van der Waals surface area contributed by atoms with Gasteiger partial charge in [-0.3, -0.25) is 20.2 Å². The Morgan fingerprint density at radius 2 is 1.97 bits per heavy atom. The Morgan fingerprint density at radius 3 is 2.73 bits per heavy atom. The minimum atomic E-state index is -0.182. The number of benzene rings is 2. The van der Waals surface area contributed by atoms with Gasteiger partial charge in [-0.1, -0.05) is 43.3 Å². The molecule has 0 bridgehead atoms. The summed E-state index contributed by atoms with van der Waals surface area (Å²) in [5.74, 6) is 1.74. The Balaban J connectivity index is 1.46. The van der Waals surface area contributed by atoms with Crippen molar-refractivity contribution in [3.63, 3.8) is 0 Å². The molecule has 0 unspecified atom stereocenters. The van der Waals surface area contributed by atoms with E-state index in [2.05, 4.69) is 15.6 Å². The molecule has 30 heavy (non-hydrogen) atoms. The SMILES string of the molecule is CCNN1CCN(C(=O)c2ccc(C=Cc3n[nH]c4ccccc34)cc2)C(=C=O)C1. The Kier molecular flexibility index (Phi) is 5.86. The van der Waals surface area contributed by atoms with E-state index in [1.165, 1.54) is 4.90 Å². The third kappa shape index (κ3) is 4.09. The van der Waals surface area contributed by atoms with Gasteiger partial charge in [0.05, 0.1) is 17.8 Å². The van der Waals surface area contributed by atoms with Crippen molar-refractivity contribution in [1.82, 2.24) is 25.5 Å². The highest BCUT2D eigenvalue weighted by atomic mass is 16.2. The monoisotopic (exact) mass is 401 g/mol. The first-order valence-electron chi connectivity index (χ1n) is 9.95. The lowest BCUT2D eigenvalue weighted by molar-refractivity contribution is 0.0685. The fourth-order valence-corrected chi connectivity index (χ4v) is 3.55. The number of carbonyl (C=O) groups is 1.